The Morgan fingerprint density at radius 2 is 1.75 bits per heavy atom. The summed E-state index contributed by atoms with van der Waals surface area (Å²) in [4.78, 5) is 1.49. The highest BCUT2D eigenvalue weighted by molar-refractivity contribution is 7.19. The van der Waals surface area contributed by atoms with Crippen molar-refractivity contribution in [2.24, 2.45) is 5.92 Å². The van der Waals surface area contributed by atoms with Crippen LogP contribution in [0.15, 0.2) is 24.3 Å². The molecule has 0 aliphatic rings. The molecule has 1 nitrogen and oxygen atoms in total. The van der Waals surface area contributed by atoms with Gasteiger partial charge in [0.2, 0.25) is 0 Å². The van der Waals surface area contributed by atoms with Gasteiger partial charge in [-0.1, -0.05) is 32.0 Å². The van der Waals surface area contributed by atoms with Crippen molar-refractivity contribution in [2.45, 2.75) is 59.5 Å². The minimum atomic E-state index is 0.439. The Kier molecular flexibility index (Phi) is 5.22. The highest BCUT2D eigenvalue weighted by atomic mass is 32.1. The molecular formula is C18H27NS. The SMILES string of the molecule is Cc1c(C(C)NC(C)CCC(C)C)sc2ccccc12. The first-order valence-corrected chi connectivity index (χ1v) is 8.54. The molecule has 1 N–H and O–H groups in total. The van der Waals surface area contributed by atoms with E-state index in [0.29, 0.717) is 12.1 Å². The van der Waals surface area contributed by atoms with Gasteiger partial charge in [0.1, 0.15) is 0 Å². The minimum absolute atomic E-state index is 0.439. The lowest BCUT2D eigenvalue weighted by molar-refractivity contribution is 0.419. The van der Waals surface area contributed by atoms with Crippen LogP contribution in [0.25, 0.3) is 10.1 Å². The van der Waals surface area contributed by atoms with Crippen LogP contribution in [-0.2, 0) is 0 Å². The molecule has 0 bridgehead atoms. The largest absolute Gasteiger partial charge is 0.307 e. The lowest BCUT2D eigenvalue weighted by Gasteiger charge is -2.20. The Labute approximate surface area is 127 Å². The number of hydrogen-bond acceptors (Lipinski definition) is 2. The second kappa shape index (κ2) is 6.73. The number of nitrogens with one attached hydrogen (secondary N) is 1. The second-order valence-electron chi connectivity index (χ2n) is 6.35. The summed E-state index contributed by atoms with van der Waals surface area (Å²) < 4.78 is 1.41. The fourth-order valence-electron chi connectivity index (χ4n) is 2.78. The molecule has 2 unspecified atom stereocenters. The van der Waals surface area contributed by atoms with Gasteiger partial charge in [0.15, 0.2) is 0 Å². The van der Waals surface area contributed by atoms with Crippen molar-refractivity contribution in [3.8, 4) is 0 Å². The summed E-state index contributed by atoms with van der Waals surface area (Å²) in [5, 5.41) is 5.18. The summed E-state index contributed by atoms with van der Waals surface area (Å²) in [6, 6.07) is 9.75. The van der Waals surface area contributed by atoms with Gasteiger partial charge < -0.3 is 5.32 Å². The second-order valence-corrected chi connectivity index (χ2v) is 7.43. The molecule has 0 radical (unpaired) electrons. The molecule has 0 spiro atoms. The molecule has 110 valence electrons. The van der Waals surface area contributed by atoms with Crippen molar-refractivity contribution >= 4 is 21.4 Å². The van der Waals surface area contributed by atoms with Crippen molar-refractivity contribution in [1.29, 1.82) is 0 Å². The predicted octanol–water partition coefficient (Wildman–Crippen LogP) is 5.69. The van der Waals surface area contributed by atoms with Crippen molar-refractivity contribution in [1.82, 2.24) is 5.32 Å². The monoisotopic (exact) mass is 289 g/mol. The number of fused-ring (bicyclic) bond motifs is 1. The Balaban J connectivity index is 2.07. The van der Waals surface area contributed by atoms with Gasteiger partial charge in [-0.15, -0.1) is 11.3 Å². The van der Waals surface area contributed by atoms with Crippen molar-refractivity contribution in [3.05, 3.63) is 34.7 Å². The van der Waals surface area contributed by atoms with E-state index in [9.17, 15) is 0 Å². The Morgan fingerprint density at radius 1 is 1.05 bits per heavy atom. The molecule has 0 saturated heterocycles. The van der Waals surface area contributed by atoms with Crippen LogP contribution in [0.5, 0.6) is 0 Å². The van der Waals surface area contributed by atoms with Crippen molar-refractivity contribution in [2.75, 3.05) is 0 Å². The van der Waals surface area contributed by atoms with Crippen molar-refractivity contribution < 1.29 is 0 Å². The highest BCUT2D eigenvalue weighted by Crippen LogP contribution is 2.34. The van der Waals surface area contributed by atoms with E-state index in [0.717, 1.165) is 5.92 Å². The van der Waals surface area contributed by atoms with Crippen LogP contribution in [0, 0.1) is 12.8 Å². The number of hydrogen-bond donors (Lipinski definition) is 1. The zero-order valence-corrected chi connectivity index (χ0v) is 14.2. The first-order chi connectivity index (χ1) is 9.49. The van der Waals surface area contributed by atoms with E-state index < -0.39 is 0 Å². The Hall–Kier alpha value is -0.860. The molecule has 1 aromatic heterocycles. The van der Waals surface area contributed by atoms with Crippen LogP contribution < -0.4 is 5.32 Å². The zero-order valence-electron chi connectivity index (χ0n) is 13.4. The van der Waals surface area contributed by atoms with Gasteiger partial charge in [-0.05, 0) is 56.5 Å². The summed E-state index contributed by atoms with van der Waals surface area (Å²) in [6.07, 6.45) is 2.55. The zero-order chi connectivity index (χ0) is 14.7. The van der Waals surface area contributed by atoms with Crippen LogP contribution >= 0.6 is 11.3 Å². The average molecular weight is 289 g/mol. The minimum Gasteiger partial charge on any atom is -0.307 e. The third kappa shape index (κ3) is 3.62. The summed E-state index contributed by atoms with van der Waals surface area (Å²) in [7, 11) is 0. The van der Waals surface area contributed by atoms with Gasteiger partial charge in [-0.25, -0.2) is 0 Å². The third-order valence-corrected chi connectivity index (χ3v) is 5.44. The first-order valence-electron chi connectivity index (χ1n) is 7.73. The highest BCUT2D eigenvalue weighted by Gasteiger charge is 2.16. The molecule has 0 amide bonds. The molecular weight excluding hydrogens is 262 g/mol. The number of thiophene rings is 1. The lowest BCUT2D eigenvalue weighted by atomic mass is 10.0. The Morgan fingerprint density at radius 3 is 2.40 bits per heavy atom. The first kappa shape index (κ1) is 15.5. The van der Waals surface area contributed by atoms with Crippen LogP contribution in [-0.4, -0.2) is 6.04 Å². The number of aryl methyl sites for hydroxylation is 1. The van der Waals surface area contributed by atoms with E-state index in [1.165, 1.54) is 33.4 Å². The maximum Gasteiger partial charge on any atom is 0.0391 e. The molecule has 0 aliphatic carbocycles. The molecule has 1 aromatic carbocycles. The van der Waals surface area contributed by atoms with Gasteiger partial charge in [0, 0.05) is 21.7 Å². The molecule has 2 heteroatoms. The number of rotatable bonds is 6. The standard InChI is InChI=1S/C18H27NS/c1-12(2)10-11-13(3)19-15(5)18-14(4)16-8-6-7-9-17(16)20-18/h6-9,12-13,15,19H,10-11H2,1-5H3. The van der Waals surface area contributed by atoms with Gasteiger partial charge in [0.25, 0.3) is 0 Å². The molecule has 2 atom stereocenters. The quantitative estimate of drug-likeness (QED) is 0.721. The Bertz CT molecular complexity index is 556. The molecule has 0 fully saturated rings. The summed E-state index contributed by atoms with van der Waals surface area (Å²) in [5.74, 6) is 0.792. The van der Waals surface area contributed by atoms with Crippen molar-refractivity contribution in [3.63, 3.8) is 0 Å². The molecule has 0 saturated carbocycles. The summed E-state index contributed by atoms with van der Waals surface area (Å²) >= 11 is 1.94. The molecule has 2 aromatic rings. The van der Waals surface area contributed by atoms with Crippen LogP contribution in [0.3, 0.4) is 0 Å². The maximum atomic E-state index is 3.76. The van der Waals surface area contributed by atoms with E-state index in [1.807, 2.05) is 11.3 Å². The van der Waals surface area contributed by atoms with Crippen LogP contribution in [0.4, 0.5) is 0 Å². The average Bonchev–Trinajstić information content (AvgIpc) is 2.74. The molecule has 20 heavy (non-hydrogen) atoms. The van der Waals surface area contributed by atoms with Gasteiger partial charge in [0.05, 0.1) is 0 Å². The van der Waals surface area contributed by atoms with E-state index in [4.69, 9.17) is 0 Å². The smallest absolute Gasteiger partial charge is 0.0391 e. The molecule has 1 heterocycles. The van der Waals surface area contributed by atoms with E-state index in [1.54, 1.807) is 0 Å². The summed E-state index contributed by atoms with van der Waals surface area (Å²) in [6.45, 7) is 11.5. The van der Waals surface area contributed by atoms with Gasteiger partial charge >= 0.3 is 0 Å². The van der Waals surface area contributed by atoms with Crippen LogP contribution in [0.1, 0.15) is 57.0 Å². The van der Waals surface area contributed by atoms with Gasteiger partial charge in [-0.2, -0.15) is 0 Å². The third-order valence-electron chi connectivity index (χ3n) is 3.99. The van der Waals surface area contributed by atoms with E-state index >= 15 is 0 Å². The fraction of sp³-hybridized carbons (Fsp3) is 0.556. The normalized spacial score (nSPS) is 14.9. The molecule has 0 aliphatic heterocycles. The van der Waals surface area contributed by atoms with E-state index in [2.05, 4.69) is 64.2 Å². The lowest BCUT2D eigenvalue weighted by Crippen LogP contribution is -2.29. The summed E-state index contributed by atoms with van der Waals surface area (Å²) in [5.41, 5.74) is 1.45. The number of benzene rings is 1. The van der Waals surface area contributed by atoms with Crippen LogP contribution in [0.2, 0.25) is 0 Å². The predicted molar refractivity (Wildman–Crippen MR) is 91.6 cm³/mol. The van der Waals surface area contributed by atoms with E-state index in [-0.39, 0.29) is 0 Å². The molecule has 2 rings (SSSR count). The topological polar surface area (TPSA) is 12.0 Å². The van der Waals surface area contributed by atoms with Gasteiger partial charge in [-0.3, -0.25) is 0 Å². The maximum absolute atomic E-state index is 3.76. The fourth-order valence-corrected chi connectivity index (χ4v) is 4.00.